The van der Waals surface area contributed by atoms with Gasteiger partial charge in [0, 0.05) is 23.1 Å². The predicted molar refractivity (Wildman–Crippen MR) is 115 cm³/mol. The van der Waals surface area contributed by atoms with Gasteiger partial charge in [-0.15, -0.1) is 0 Å². The second-order valence-corrected chi connectivity index (χ2v) is 7.13. The van der Waals surface area contributed by atoms with E-state index in [0.717, 1.165) is 60.8 Å². The highest BCUT2D eigenvalue weighted by Crippen LogP contribution is 2.41. The monoisotopic (exact) mass is 372 g/mol. The van der Waals surface area contributed by atoms with Crippen LogP contribution in [0.3, 0.4) is 0 Å². The second-order valence-electron chi connectivity index (χ2n) is 7.13. The van der Waals surface area contributed by atoms with Crippen molar-refractivity contribution in [2.45, 2.75) is 58.5 Å². The fourth-order valence-electron chi connectivity index (χ4n) is 3.46. The lowest BCUT2D eigenvalue weighted by Gasteiger charge is -2.29. The van der Waals surface area contributed by atoms with Gasteiger partial charge in [-0.1, -0.05) is 87.4 Å². The van der Waals surface area contributed by atoms with Crippen molar-refractivity contribution in [2.75, 3.05) is 0 Å². The summed E-state index contributed by atoms with van der Waals surface area (Å²) >= 11 is 0. The summed E-state index contributed by atoms with van der Waals surface area (Å²) in [6, 6.07) is 15.8. The number of hydrogen-bond acceptors (Lipinski definition) is 2. The molecule has 0 N–H and O–H groups in total. The van der Waals surface area contributed by atoms with Crippen LogP contribution in [-0.2, 0) is 4.74 Å². The molecule has 0 aromatic heterocycles. The van der Waals surface area contributed by atoms with Gasteiger partial charge < -0.3 is 4.74 Å². The van der Waals surface area contributed by atoms with Crippen molar-refractivity contribution >= 4 is 11.5 Å². The van der Waals surface area contributed by atoms with Gasteiger partial charge in [-0.2, -0.15) is 0 Å². The van der Waals surface area contributed by atoms with E-state index in [2.05, 4.69) is 31.8 Å². The Morgan fingerprint density at radius 1 is 0.964 bits per heavy atom. The molecule has 0 amide bonds. The number of fused-ring (bicyclic) bond motifs is 1. The van der Waals surface area contributed by atoms with Crippen LogP contribution in [0.25, 0.3) is 5.57 Å². The molecule has 1 aliphatic heterocycles. The van der Waals surface area contributed by atoms with E-state index in [9.17, 15) is 4.79 Å². The van der Waals surface area contributed by atoms with Crippen molar-refractivity contribution in [2.24, 2.45) is 0 Å². The van der Waals surface area contributed by atoms with Gasteiger partial charge in [-0.3, -0.25) is 0 Å². The average molecular weight is 373 g/mol. The quantitative estimate of drug-likeness (QED) is 0.320. The number of unbranched alkanes of at least 4 members (excludes halogenated alkanes) is 4. The molecule has 0 aliphatic carbocycles. The van der Waals surface area contributed by atoms with Crippen LogP contribution < -0.4 is 0 Å². The number of carbonyl (C=O) groups excluding carboxylic acids is 1. The Morgan fingerprint density at radius 2 is 1.68 bits per heavy atom. The van der Waals surface area contributed by atoms with E-state index in [0.29, 0.717) is 5.56 Å². The molecule has 0 spiro atoms. The van der Waals surface area contributed by atoms with Crippen molar-refractivity contribution < 1.29 is 9.53 Å². The number of cyclic esters (lactones) is 1. The first-order chi connectivity index (χ1) is 13.8. The lowest BCUT2D eigenvalue weighted by molar-refractivity contribution is 0.0387. The van der Waals surface area contributed by atoms with E-state index in [1.165, 1.54) is 0 Å². The Morgan fingerprint density at radius 3 is 2.46 bits per heavy atom. The van der Waals surface area contributed by atoms with Gasteiger partial charge in [0.1, 0.15) is 0 Å². The average Bonchev–Trinajstić information content (AvgIpc) is 2.73. The van der Waals surface area contributed by atoms with E-state index in [-0.39, 0.29) is 5.97 Å². The molecule has 0 fully saturated rings. The van der Waals surface area contributed by atoms with E-state index >= 15 is 0 Å². The smallest absolute Gasteiger partial charge is 0.339 e. The Hall–Kier alpha value is -2.79. The molecule has 2 heteroatoms. The highest BCUT2D eigenvalue weighted by atomic mass is 16.5. The van der Waals surface area contributed by atoms with Crippen LogP contribution >= 0.6 is 0 Å². The Labute approximate surface area is 168 Å². The fraction of sp³-hybridized carbons (Fsp3) is 0.346. The summed E-state index contributed by atoms with van der Waals surface area (Å²) in [5.41, 5.74) is 4.61. The highest BCUT2D eigenvalue weighted by Gasteiger charge is 2.32. The van der Waals surface area contributed by atoms with Gasteiger partial charge in [-0.25, -0.2) is 4.79 Å². The summed E-state index contributed by atoms with van der Waals surface area (Å²) in [5.74, 6) is 6.31. The third-order valence-corrected chi connectivity index (χ3v) is 5.01. The van der Waals surface area contributed by atoms with Crippen LogP contribution in [0.2, 0.25) is 0 Å². The SMILES string of the molecule is CCCCC#Cc1ccccc1C1OC(=O)c2ccccc2/C1=C\CCCC. The van der Waals surface area contributed by atoms with E-state index in [1.54, 1.807) is 0 Å². The van der Waals surface area contributed by atoms with Gasteiger partial charge in [0.05, 0.1) is 5.56 Å². The maximum absolute atomic E-state index is 12.7. The summed E-state index contributed by atoms with van der Waals surface area (Å²) in [6.07, 6.45) is 8.17. The standard InChI is InChI=1S/C26H28O2/c1-3-5-7-9-14-20-15-10-11-16-21(20)25-23(18-8-6-4-2)22-17-12-13-19-24(22)26(27)28-25/h10-13,15-19,25H,3-8H2,1-2H3/b23-18+. The predicted octanol–water partition coefficient (Wildman–Crippen LogP) is 6.71. The minimum Gasteiger partial charge on any atom is -0.449 e. The third kappa shape index (κ3) is 4.54. The van der Waals surface area contributed by atoms with Crippen LogP contribution in [0.15, 0.2) is 54.6 Å². The van der Waals surface area contributed by atoms with Crippen LogP contribution in [0, 0.1) is 11.8 Å². The molecule has 2 aromatic carbocycles. The number of benzene rings is 2. The zero-order valence-electron chi connectivity index (χ0n) is 16.8. The maximum Gasteiger partial charge on any atom is 0.339 e. The first kappa shape index (κ1) is 20.0. The normalized spacial score (nSPS) is 16.9. The summed E-state index contributed by atoms with van der Waals surface area (Å²) in [7, 11) is 0. The van der Waals surface area contributed by atoms with Crippen LogP contribution in [-0.4, -0.2) is 5.97 Å². The molecule has 2 nitrogen and oxygen atoms in total. The maximum atomic E-state index is 12.7. The number of allylic oxidation sites excluding steroid dienone is 1. The van der Waals surface area contributed by atoms with Gasteiger partial charge in [0.2, 0.25) is 0 Å². The lowest BCUT2D eigenvalue weighted by Crippen LogP contribution is -2.21. The summed E-state index contributed by atoms with van der Waals surface area (Å²) in [5, 5.41) is 0. The Balaban J connectivity index is 2.03. The second kappa shape index (κ2) is 9.95. The zero-order chi connectivity index (χ0) is 19.8. The van der Waals surface area contributed by atoms with Gasteiger partial charge in [0.25, 0.3) is 0 Å². The van der Waals surface area contributed by atoms with Crippen molar-refractivity contribution in [3.63, 3.8) is 0 Å². The van der Waals surface area contributed by atoms with Crippen molar-refractivity contribution in [3.8, 4) is 11.8 Å². The lowest BCUT2D eigenvalue weighted by atomic mass is 9.87. The summed E-state index contributed by atoms with van der Waals surface area (Å²) in [4.78, 5) is 12.7. The molecule has 1 unspecified atom stereocenters. The molecule has 0 saturated carbocycles. The third-order valence-electron chi connectivity index (χ3n) is 5.01. The number of hydrogen-bond donors (Lipinski definition) is 0. The first-order valence-corrected chi connectivity index (χ1v) is 10.3. The molecule has 3 rings (SSSR count). The molecule has 1 heterocycles. The Bertz CT molecular complexity index is 911. The molecule has 2 aromatic rings. The van der Waals surface area contributed by atoms with Crippen LogP contribution in [0.5, 0.6) is 0 Å². The first-order valence-electron chi connectivity index (χ1n) is 10.3. The van der Waals surface area contributed by atoms with Crippen LogP contribution in [0.1, 0.15) is 85.5 Å². The van der Waals surface area contributed by atoms with Crippen molar-refractivity contribution in [3.05, 3.63) is 76.9 Å². The molecular weight excluding hydrogens is 344 g/mol. The van der Waals surface area contributed by atoms with E-state index in [4.69, 9.17) is 4.74 Å². The van der Waals surface area contributed by atoms with E-state index < -0.39 is 6.10 Å². The number of carbonyl (C=O) groups is 1. The molecule has 144 valence electrons. The van der Waals surface area contributed by atoms with Crippen LogP contribution in [0.4, 0.5) is 0 Å². The molecule has 0 radical (unpaired) electrons. The van der Waals surface area contributed by atoms with Crippen molar-refractivity contribution in [1.82, 2.24) is 0 Å². The molecule has 1 atom stereocenters. The van der Waals surface area contributed by atoms with Gasteiger partial charge in [-0.05, 0) is 30.5 Å². The topological polar surface area (TPSA) is 26.3 Å². The Kier molecular flexibility index (Phi) is 7.09. The molecule has 0 saturated heterocycles. The number of rotatable bonds is 6. The molecule has 0 bridgehead atoms. The largest absolute Gasteiger partial charge is 0.449 e. The van der Waals surface area contributed by atoms with E-state index in [1.807, 2.05) is 48.5 Å². The number of ether oxygens (including phenoxy) is 1. The fourth-order valence-corrected chi connectivity index (χ4v) is 3.46. The molecule has 28 heavy (non-hydrogen) atoms. The highest BCUT2D eigenvalue weighted by molar-refractivity contribution is 5.99. The summed E-state index contributed by atoms with van der Waals surface area (Å²) in [6.45, 7) is 4.36. The van der Waals surface area contributed by atoms with Gasteiger partial charge >= 0.3 is 5.97 Å². The minimum absolute atomic E-state index is 0.262. The zero-order valence-corrected chi connectivity index (χ0v) is 16.8. The summed E-state index contributed by atoms with van der Waals surface area (Å²) < 4.78 is 5.94. The van der Waals surface area contributed by atoms with Gasteiger partial charge in [0.15, 0.2) is 6.10 Å². The molecule has 1 aliphatic rings. The van der Waals surface area contributed by atoms with Crippen molar-refractivity contribution in [1.29, 1.82) is 0 Å². The number of esters is 1. The molecular formula is C26H28O2. The minimum atomic E-state index is -0.407.